The number of phenols is 2. The van der Waals surface area contributed by atoms with Gasteiger partial charge in [0, 0.05) is 16.5 Å². The van der Waals surface area contributed by atoms with Crippen LogP contribution in [0.3, 0.4) is 0 Å². The minimum absolute atomic E-state index is 0.0422. The predicted molar refractivity (Wildman–Crippen MR) is 112 cm³/mol. The van der Waals surface area contributed by atoms with Crippen molar-refractivity contribution in [2.45, 2.75) is 0 Å². The van der Waals surface area contributed by atoms with Crippen LogP contribution in [0.15, 0.2) is 78.9 Å². The highest BCUT2D eigenvalue weighted by atomic mass is 16.3. The summed E-state index contributed by atoms with van der Waals surface area (Å²) in [5.74, 6) is -0.837. The molecule has 0 unspecified atom stereocenters. The molecule has 3 aromatic carbocycles. The van der Waals surface area contributed by atoms with Crippen LogP contribution in [-0.2, 0) is 0 Å². The van der Waals surface area contributed by atoms with Gasteiger partial charge >= 0.3 is 0 Å². The summed E-state index contributed by atoms with van der Waals surface area (Å²) in [7, 11) is 0. The Bertz CT molecular complexity index is 1240. The van der Waals surface area contributed by atoms with Crippen LogP contribution in [0.2, 0.25) is 0 Å². The number of hydrogen-bond donors (Lipinski definition) is 4. The molecule has 7 heteroatoms. The minimum Gasteiger partial charge on any atom is -0.508 e. The summed E-state index contributed by atoms with van der Waals surface area (Å²) in [5, 5.41) is 19.5. The lowest BCUT2D eigenvalue weighted by atomic mass is 10.0. The number of nitrogens with zero attached hydrogens (tertiary/aromatic N) is 1. The van der Waals surface area contributed by atoms with Gasteiger partial charge in [-0.2, -0.15) is 0 Å². The SMILES string of the molecule is O=C(NNC(=O)c1cc(-c2ccc(O)cc2)nc2ccccc12)c1ccc(O)cc1. The first-order chi connectivity index (χ1) is 14.5. The van der Waals surface area contributed by atoms with Crippen molar-refractivity contribution >= 4 is 22.7 Å². The molecule has 0 bridgehead atoms. The highest BCUT2D eigenvalue weighted by Crippen LogP contribution is 2.26. The average molecular weight is 399 g/mol. The fourth-order valence-corrected chi connectivity index (χ4v) is 3.01. The van der Waals surface area contributed by atoms with Gasteiger partial charge in [-0.25, -0.2) is 4.98 Å². The molecule has 0 aliphatic rings. The van der Waals surface area contributed by atoms with Crippen LogP contribution >= 0.6 is 0 Å². The highest BCUT2D eigenvalue weighted by Gasteiger charge is 2.15. The number of aromatic hydroxyl groups is 2. The fraction of sp³-hybridized carbons (Fsp3) is 0. The van der Waals surface area contributed by atoms with E-state index in [1.807, 2.05) is 6.07 Å². The molecule has 1 aromatic heterocycles. The summed E-state index contributed by atoms with van der Waals surface area (Å²) >= 11 is 0. The van der Waals surface area contributed by atoms with Crippen molar-refractivity contribution < 1.29 is 19.8 Å². The number of phenolic OH excluding ortho intramolecular Hbond substituents is 2. The van der Waals surface area contributed by atoms with Gasteiger partial charge < -0.3 is 10.2 Å². The Kier molecular flexibility index (Phi) is 5.00. The molecular weight excluding hydrogens is 382 g/mol. The molecule has 4 rings (SSSR count). The second-order valence-corrected chi connectivity index (χ2v) is 6.57. The molecule has 2 amide bonds. The Morgan fingerprint density at radius 2 is 1.33 bits per heavy atom. The van der Waals surface area contributed by atoms with Gasteiger partial charge in [0.2, 0.25) is 0 Å². The average Bonchev–Trinajstić information content (AvgIpc) is 2.77. The first-order valence-corrected chi connectivity index (χ1v) is 9.10. The van der Waals surface area contributed by atoms with Crippen molar-refractivity contribution in [3.63, 3.8) is 0 Å². The molecule has 0 saturated carbocycles. The largest absolute Gasteiger partial charge is 0.508 e. The molecule has 4 N–H and O–H groups in total. The van der Waals surface area contributed by atoms with Crippen molar-refractivity contribution in [3.05, 3.63) is 90.0 Å². The Morgan fingerprint density at radius 1 is 0.733 bits per heavy atom. The summed E-state index contributed by atoms with van der Waals surface area (Å²) in [4.78, 5) is 29.7. The van der Waals surface area contributed by atoms with Gasteiger partial charge in [0.15, 0.2) is 0 Å². The van der Waals surface area contributed by atoms with Gasteiger partial charge in [-0.1, -0.05) is 18.2 Å². The minimum atomic E-state index is -0.513. The summed E-state index contributed by atoms with van der Waals surface area (Å²) in [6.45, 7) is 0. The Labute approximate surface area is 171 Å². The van der Waals surface area contributed by atoms with E-state index in [-0.39, 0.29) is 17.1 Å². The molecule has 148 valence electrons. The van der Waals surface area contributed by atoms with E-state index in [9.17, 15) is 19.8 Å². The lowest BCUT2D eigenvalue weighted by Crippen LogP contribution is -2.41. The number of carbonyl (C=O) groups is 2. The zero-order chi connectivity index (χ0) is 21.1. The zero-order valence-electron chi connectivity index (χ0n) is 15.7. The van der Waals surface area contributed by atoms with Gasteiger partial charge in [0.25, 0.3) is 11.8 Å². The van der Waals surface area contributed by atoms with Crippen LogP contribution in [-0.4, -0.2) is 27.0 Å². The lowest BCUT2D eigenvalue weighted by molar-refractivity contribution is 0.0847. The predicted octanol–water partition coefficient (Wildman–Crippen LogP) is 3.39. The maximum Gasteiger partial charge on any atom is 0.270 e. The van der Waals surface area contributed by atoms with Gasteiger partial charge in [-0.3, -0.25) is 20.4 Å². The maximum absolute atomic E-state index is 12.9. The maximum atomic E-state index is 12.9. The molecule has 30 heavy (non-hydrogen) atoms. The number of benzene rings is 3. The molecule has 0 spiro atoms. The first-order valence-electron chi connectivity index (χ1n) is 9.10. The van der Waals surface area contributed by atoms with Crippen LogP contribution in [0.25, 0.3) is 22.2 Å². The van der Waals surface area contributed by atoms with Crippen molar-refractivity contribution in [2.75, 3.05) is 0 Å². The number of hydrazine groups is 1. The molecule has 0 aliphatic carbocycles. The normalized spacial score (nSPS) is 10.5. The third-order valence-electron chi connectivity index (χ3n) is 4.54. The van der Waals surface area contributed by atoms with Gasteiger partial charge in [-0.15, -0.1) is 0 Å². The van der Waals surface area contributed by atoms with E-state index in [4.69, 9.17) is 0 Å². The Hall–Kier alpha value is -4.39. The van der Waals surface area contributed by atoms with Gasteiger partial charge in [0.05, 0.1) is 16.8 Å². The number of pyridine rings is 1. The topological polar surface area (TPSA) is 112 Å². The molecule has 0 atom stereocenters. The van der Waals surface area contributed by atoms with Crippen LogP contribution in [0.4, 0.5) is 0 Å². The van der Waals surface area contributed by atoms with Crippen LogP contribution in [0, 0.1) is 0 Å². The third-order valence-corrected chi connectivity index (χ3v) is 4.54. The molecule has 0 saturated heterocycles. The van der Waals surface area contributed by atoms with Crippen molar-refractivity contribution in [2.24, 2.45) is 0 Å². The molecule has 4 aromatic rings. The molecule has 1 heterocycles. The smallest absolute Gasteiger partial charge is 0.270 e. The van der Waals surface area contributed by atoms with E-state index in [1.165, 1.54) is 24.3 Å². The molecule has 7 nitrogen and oxygen atoms in total. The summed E-state index contributed by atoms with van der Waals surface area (Å²) < 4.78 is 0. The van der Waals surface area contributed by atoms with E-state index in [2.05, 4.69) is 15.8 Å². The van der Waals surface area contributed by atoms with Gasteiger partial charge in [-0.05, 0) is 60.7 Å². The Morgan fingerprint density at radius 3 is 2.03 bits per heavy atom. The number of para-hydroxylation sites is 1. The van der Waals surface area contributed by atoms with Crippen molar-refractivity contribution in [1.29, 1.82) is 0 Å². The van der Waals surface area contributed by atoms with Crippen LogP contribution in [0.5, 0.6) is 11.5 Å². The second kappa shape index (κ2) is 7.92. The standard InChI is InChI=1S/C23H17N3O4/c27-16-9-5-14(6-10-16)21-13-19(18-3-1-2-4-20(18)24-21)23(30)26-25-22(29)15-7-11-17(28)12-8-15/h1-13,27-28H,(H,25,29)(H,26,30). The van der Waals surface area contributed by atoms with Crippen LogP contribution < -0.4 is 10.9 Å². The quantitative estimate of drug-likeness (QED) is 0.395. The van der Waals surface area contributed by atoms with Gasteiger partial charge in [0.1, 0.15) is 11.5 Å². The Balaban J connectivity index is 1.63. The van der Waals surface area contributed by atoms with E-state index < -0.39 is 11.8 Å². The first kappa shape index (κ1) is 18.9. The number of amides is 2. The summed E-state index contributed by atoms with van der Waals surface area (Å²) in [5.41, 5.74) is 7.35. The summed E-state index contributed by atoms with van der Waals surface area (Å²) in [6, 6.07) is 21.0. The number of hydrogen-bond acceptors (Lipinski definition) is 5. The third kappa shape index (κ3) is 3.90. The number of aromatic nitrogens is 1. The fourth-order valence-electron chi connectivity index (χ4n) is 3.01. The second-order valence-electron chi connectivity index (χ2n) is 6.57. The van der Waals surface area contributed by atoms with Crippen LogP contribution in [0.1, 0.15) is 20.7 Å². The number of nitrogens with one attached hydrogen (secondary N) is 2. The highest BCUT2D eigenvalue weighted by molar-refractivity contribution is 6.08. The summed E-state index contributed by atoms with van der Waals surface area (Å²) in [6.07, 6.45) is 0. The van der Waals surface area contributed by atoms with Crippen molar-refractivity contribution in [1.82, 2.24) is 15.8 Å². The number of carbonyl (C=O) groups excluding carboxylic acids is 2. The van der Waals surface area contributed by atoms with E-state index in [1.54, 1.807) is 48.5 Å². The van der Waals surface area contributed by atoms with E-state index in [0.717, 1.165) is 5.56 Å². The zero-order valence-corrected chi connectivity index (χ0v) is 15.7. The number of rotatable bonds is 3. The lowest BCUT2D eigenvalue weighted by Gasteiger charge is -2.11. The monoisotopic (exact) mass is 399 g/mol. The van der Waals surface area contributed by atoms with E-state index >= 15 is 0 Å². The van der Waals surface area contributed by atoms with E-state index in [0.29, 0.717) is 22.2 Å². The molecular formula is C23H17N3O4. The number of fused-ring (bicyclic) bond motifs is 1. The van der Waals surface area contributed by atoms with Crippen molar-refractivity contribution in [3.8, 4) is 22.8 Å². The molecule has 0 fully saturated rings. The molecule has 0 aliphatic heterocycles. The molecule has 0 radical (unpaired) electrons.